The molecule has 5 rings (SSSR count). The van der Waals surface area contributed by atoms with E-state index in [1.807, 2.05) is 6.07 Å². The molecule has 0 amide bonds. The van der Waals surface area contributed by atoms with Gasteiger partial charge in [-0.05, 0) is 80.9 Å². The number of hydrogen-bond acceptors (Lipinski definition) is 1. The van der Waals surface area contributed by atoms with Crippen LogP contribution < -0.4 is 0 Å². The zero-order valence-electron chi connectivity index (χ0n) is 19.8. The standard InChI is InChI=1S/C30H12F8N2/c1-40-27(14-39)28-21-10-15(17-4-8-23(25(31)12-17)29(33,34)35)2-6-19(21)20-7-3-16(11-22(20)28)18-5-9-24(26(32)13-18)30(36,37)38/h2-13H. The number of fused-ring (bicyclic) bond motifs is 3. The summed E-state index contributed by atoms with van der Waals surface area (Å²) in [4.78, 5) is 3.30. The Kier molecular flexibility index (Phi) is 6.23. The van der Waals surface area contributed by atoms with Crippen molar-refractivity contribution in [1.29, 1.82) is 5.26 Å². The number of halogens is 8. The highest BCUT2D eigenvalue weighted by molar-refractivity contribution is 6.05. The Bertz CT molecular complexity index is 1680. The van der Waals surface area contributed by atoms with E-state index < -0.39 is 35.1 Å². The first-order valence-corrected chi connectivity index (χ1v) is 11.4. The van der Waals surface area contributed by atoms with Crippen molar-refractivity contribution in [2.24, 2.45) is 0 Å². The van der Waals surface area contributed by atoms with Crippen molar-refractivity contribution < 1.29 is 35.1 Å². The lowest BCUT2D eigenvalue weighted by molar-refractivity contribution is -0.140. The van der Waals surface area contributed by atoms with Crippen LogP contribution in [0.15, 0.2) is 78.5 Å². The number of alkyl halides is 6. The second-order valence-corrected chi connectivity index (χ2v) is 8.85. The lowest BCUT2D eigenvalue weighted by atomic mass is 9.95. The van der Waals surface area contributed by atoms with E-state index in [9.17, 15) is 40.4 Å². The van der Waals surface area contributed by atoms with Crippen molar-refractivity contribution in [2.45, 2.75) is 12.4 Å². The fraction of sp³-hybridized carbons (Fsp3) is 0.0667. The molecule has 1 aliphatic rings. The zero-order chi connectivity index (χ0) is 29.0. The van der Waals surface area contributed by atoms with Crippen LogP contribution in [0.4, 0.5) is 35.1 Å². The van der Waals surface area contributed by atoms with Gasteiger partial charge in [-0.15, -0.1) is 0 Å². The molecule has 0 N–H and O–H groups in total. The number of rotatable bonds is 2. The average Bonchev–Trinajstić information content (AvgIpc) is 3.21. The molecule has 2 nitrogen and oxygen atoms in total. The molecule has 40 heavy (non-hydrogen) atoms. The minimum absolute atomic E-state index is 0.130. The maximum Gasteiger partial charge on any atom is 0.419 e. The lowest BCUT2D eigenvalue weighted by Crippen LogP contribution is -2.07. The first kappa shape index (κ1) is 26.6. The Balaban J connectivity index is 1.64. The second kappa shape index (κ2) is 9.35. The normalized spacial score (nSPS) is 12.4. The van der Waals surface area contributed by atoms with Gasteiger partial charge in [0, 0.05) is 5.57 Å². The van der Waals surface area contributed by atoms with Gasteiger partial charge in [0.15, 0.2) is 0 Å². The van der Waals surface area contributed by atoms with Crippen LogP contribution in [0.2, 0.25) is 0 Å². The number of nitrogens with zero attached hydrogens (tertiary/aromatic N) is 2. The van der Waals surface area contributed by atoms with Crippen LogP contribution in [-0.2, 0) is 12.4 Å². The summed E-state index contributed by atoms with van der Waals surface area (Å²) < 4.78 is 107. The molecule has 0 spiro atoms. The molecule has 0 atom stereocenters. The first-order chi connectivity index (χ1) is 18.8. The number of nitriles is 1. The Morgan fingerprint density at radius 2 is 0.975 bits per heavy atom. The van der Waals surface area contributed by atoms with Gasteiger partial charge >= 0.3 is 12.4 Å². The second-order valence-electron chi connectivity index (χ2n) is 8.85. The van der Waals surface area contributed by atoms with Crippen LogP contribution in [0.25, 0.3) is 43.8 Å². The summed E-state index contributed by atoms with van der Waals surface area (Å²) >= 11 is 0. The van der Waals surface area contributed by atoms with Crippen molar-refractivity contribution in [2.75, 3.05) is 0 Å². The molecule has 10 heteroatoms. The Labute approximate surface area is 221 Å². The van der Waals surface area contributed by atoms with Crippen LogP contribution in [0, 0.1) is 29.5 Å². The molecule has 0 saturated carbocycles. The van der Waals surface area contributed by atoms with Crippen LogP contribution >= 0.6 is 0 Å². The van der Waals surface area contributed by atoms with E-state index in [2.05, 4.69) is 4.85 Å². The van der Waals surface area contributed by atoms with Gasteiger partial charge in [0.1, 0.15) is 11.6 Å². The average molecular weight is 552 g/mol. The van der Waals surface area contributed by atoms with E-state index in [1.54, 1.807) is 24.3 Å². The highest BCUT2D eigenvalue weighted by Crippen LogP contribution is 2.48. The van der Waals surface area contributed by atoms with Gasteiger partial charge in [-0.3, -0.25) is 0 Å². The zero-order valence-corrected chi connectivity index (χ0v) is 19.8. The van der Waals surface area contributed by atoms with Crippen molar-refractivity contribution in [3.8, 4) is 39.4 Å². The van der Waals surface area contributed by atoms with E-state index in [1.165, 1.54) is 12.1 Å². The van der Waals surface area contributed by atoms with Crippen molar-refractivity contribution >= 4 is 5.57 Å². The Morgan fingerprint density at radius 3 is 1.30 bits per heavy atom. The highest BCUT2D eigenvalue weighted by Gasteiger charge is 2.35. The SMILES string of the molecule is [C-]#[N+]C(C#N)=C1c2cc(-c3ccc(C(F)(F)F)c(F)c3)ccc2-c2ccc(-c3ccc(C(F)(F)F)c(F)c3)cc21. The summed E-state index contributed by atoms with van der Waals surface area (Å²) in [5.74, 6) is -2.92. The van der Waals surface area contributed by atoms with Gasteiger partial charge in [0.25, 0.3) is 5.70 Å². The van der Waals surface area contributed by atoms with Gasteiger partial charge in [0.2, 0.25) is 0 Å². The molecule has 1 aliphatic carbocycles. The molecular formula is C30H12F8N2. The summed E-state index contributed by atoms with van der Waals surface area (Å²) in [7, 11) is 0. The molecular weight excluding hydrogens is 540 g/mol. The van der Waals surface area contributed by atoms with E-state index in [0.717, 1.165) is 24.3 Å². The lowest BCUT2D eigenvalue weighted by Gasteiger charge is -2.11. The first-order valence-electron chi connectivity index (χ1n) is 11.4. The van der Waals surface area contributed by atoms with Crippen molar-refractivity contribution in [1.82, 2.24) is 0 Å². The highest BCUT2D eigenvalue weighted by atomic mass is 19.4. The molecule has 0 aromatic heterocycles. The Morgan fingerprint density at radius 1 is 0.600 bits per heavy atom. The monoisotopic (exact) mass is 552 g/mol. The topological polar surface area (TPSA) is 28.1 Å². The molecule has 0 unspecified atom stereocenters. The quantitative estimate of drug-likeness (QED) is 0.122. The third-order valence-electron chi connectivity index (χ3n) is 6.54. The summed E-state index contributed by atoms with van der Waals surface area (Å²) in [6.45, 7) is 7.50. The van der Waals surface area contributed by atoms with Gasteiger partial charge < -0.3 is 0 Å². The fourth-order valence-corrected chi connectivity index (χ4v) is 4.72. The summed E-state index contributed by atoms with van der Waals surface area (Å²) in [5.41, 5.74) is -0.144. The Hall–Kier alpha value is -4.96. The van der Waals surface area contributed by atoms with Gasteiger partial charge in [-0.1, -0.05) is 36.4 Å². The van der Waals surface area contributed by atoms with Crippen LogP contribution in [-0.4, -0.2) is 0 Å². The van der Waals surface area contributed by atoms with Gasteiger partial charge in [-0.25, -0.2) is 18.9 Å². The maximum atomic E-state index is 14.3. The van der Waals surface area contributed by atoms with Gasteiger partial charge in [-0.2, -0.15) is 26.3 Å². The molecule has 0 radical (unpaired) electrons. The van der Waals surface area contributed by atoms with E-state index >= 15 is 0 Å². The number of allylic oxidation sites excluding steroid dienone is 1. The van der Waals surface area contributed by atoms with E-state index in [0.29, 0.717) is 45.5 Å². The minimum Gasteiger partial charge on any atom is -0.226 e. The predicted octanol–water partition coefficient (Wildman–Crippen LogP) is 9.52. The van der Waals surface area contributed by atoms with Crippen LogP contribution in [0.3, 0.4) is 0 Å². The van der Waals surface area contributed by atoms with Crippen LogP contribution in [0.5, 0.6) is 0 Å². The number of hydrogen-bond donors (Lipinski definition) is 0. The molecule has 4 aromatic carbocycles. The fourth-order valence-electron chi connectivity index (χ4n) is 4.72. The van der Waals surface area contributed by atoms with Crippen molar-refractivity contribution in [3.63, 3.8) is 0 Å². The molecule has 0 bridgehead atoms. The van der Waals surface area contributed by atoms with E-state index in [4.69, 9.17) is 6.57 Å². The number of benzene rings is 4. The summed E-state index contributed by atoms with van der Waals surface area (Å²) in [5, 5.41) is 9.66. The minimum atomic E-state index is -4.87. The van der Waals surface area contributed by atoms with Gasteiger partial charge in [0.05, 0.1) is 23.8 Å². The predicted molar refractivity (Wildman–Crippen MR) is 131 cm³/mol. The smallest absolute Gasteiger partial charge is 0.226 e. The molecule has 0 aliphatic heterocycles. The third-order valence-corrected chi connectivity index (χ3v) is 6.54. The largest absolute Gasteiger partial charge is 0.419 e. The molecule has 4 aromatic rings. The summed E-state index contributed by atoms with van der Waals surface area (Å²) in [6, 6.07) is 16.1. The molecule has 0 fully saturated rings. The maximum absolute atomic E-state index is 14.3. The molecule has 198 valence electrons. The van der Waals surface area contributed by atoms with Crippen LogP contribution in [0.1, 0.15) is 22.3 Å². The molecule has 0 saturated heterocycles. The summed E-state index contributed by atoms with van der Waals surface area (Å²) in [6.07, 6.45) is -9.74. The molecule has 0 heterocycles. The van der Waals surface area contributed by atoms with E-state index in [-0.39, 0.29) is 22.4 Å². The third kappa shape index (κ3) is 4.48. The van der Waals surface area contributed by atoms with Crippen molar-refractivity contribution in [3.05, 3.63) is 124 Å².